The first-order valence-corrected chi connectivity index (χ1v) is 6.48. The molecule has 0 atom stereocenters. The van der Waals surface area contributed by atoms with Crippen LogP contribution in [0.15, 0.2) is 12.1 Å². The highest BCUT2D eigenvalue weighted by molar-refractivity contribution is 6.37. The minimum atomic E-state index is -4.76. The lowest BCUT2D eigenvalue weighted by Crippen LogP contribution is -2.33. The molecule has 0 spiro atoms. The lowest BCUT2D eigenvalue weighted by molar-refractivity contribution is -0.252. The normalized spacial score (nSPS) is 11.6. The third-order valence-electron chi connectivity index (χ3n) is 2.73. The van der Waals surface area contributed by atoms with E-state index in [0.717, 1.165) is 16.8 Å². The fourth-order valence-corrected chi connectivity index (χ4v) is 1.78. The van der Waals surface area contributed by atoms with Gasteiger partial charge in [0.05, 0.1) is 16.3 Å². The number of aryl methyl sites for hydroxylation is 1. The number of carbonyl (C=O) groups excluding carboxylic acids is 1. The molecule has 1 aromatic carbocycles. The number of ether oxygens (including phenoxy) is 1. The Kier molecular flexibility index (Phi) is 4.78. The number of benzene rings is 1. The summed E-state index contributed by atoms with van der Waals surface area (Å²) in [6.07, 6.45) is -8.83. The van der Waals surface area contributed by atoms with Crippen LogP contribution >= 0.6 is 11.6 Å². The Hall–Kier alpha value is -2.63. The summed E-state index contributed by atoms with van der Waals surface area (Å²) in [6, 6.07) is 1.80. The molecule has 1 heterocycles. The van der Waals surface area contributed by atoms with Crippen molar-refractivity contribution in [1.82, 2.24) is 20.2 Å². The molecule has 0 saturated heterocycles. The first-order chi connectivity index (χ1) is 11.1. The van der Waals surface area contributed by atoms with Gasteiger partial charge in [-0.1, -0.05) is 16.7 Å². The summed E-state index contributed by atoms with van der Waals surface area (Å²) in [5.74, 6) is -1.60. The van der Waals surface area contributed by atoms with E-state index in [1.807, 2.05) is 0 Å². The van der Waals surface area contributed by atoms with E-state index in [4.69, 9.17) is 17.3 Å². The predicted molar refractivity (Wildman–Crippen MR) is 74.2 cm³/mol. The number of halogens is 5. The number of nitrogens with zero attached hydrogens (tertiary/aromatic N) is 4. The van der Waals surface area contributed by atoms with E-state index in [9.17, 15) is 22.4 Å². The maximum atomic E-state index is 12.9. The molecule has 0 unspecified atom stereocenters. The van der Waals surface area contributed by atoms with Crippen molar-refractivity contribution < 1.29 is 27.1 Å². The van der Waals surface area contributed by atoms with Crippen LogP contribution in [0.3, 0.4) is 0 Å². The molecule has 13 heteroatoms. The highest BCUT2D eigenvalue weighted by Crippen LogP contribution is 2.37. The van der Waals surface area contributed by atoms with E-state index in [1.165, 1.54) is 7.05 Å². The van der Waals surface area contributed by atoms with E-state index in [0.29, 0.717) is 0 Å². The fourth-order valence-electron chi connectivity index (χ4n) is 1.53. The zero-order valence-electron chi connectivity index (χ0n) is 11.8. The number of aromatic nitrogens is 4. The zero-order chi connectivity index (χ0) is 18.1. The number of alkyl halides is 4. The van der Waals surface area contributed by atoms with Crippen LogP contribution in [0.5, 0.6) is 5.75 Å². The van der Waals surface area contributed by atoms with Gasteiger partial charge in [-0.05, 0) is 22.6 Å². The number of anilines is 2. The Bertz CT molecular complexity index is 769. The summed E-state index contributed by atoms with van der Waals surface area (Å²) in [5.41, 5.74) is 4.66. The second-order valence-corrected chi connectivity index (χ2v) is 4.76. The highest BCUT2D eigenvalue weighted by atomic mass is 35.5. The number of nitrogens with two attached hydrogens (primary N) is 1. The van der Waals surface area contributed by atoms with Crippen molar-refractivity contribution in [3.63, 3.8) is 0 Å². The number of hydrogen-bond donors (Lipinski definition) is 2. The summed E-state index contributed by atoms with van der Waals surface area (Å²) in [6.45, 7) is 0. The Balaban J connectivity index is 2.26. The summed E-state index contributed by atoms with van der Waals surface area (Å²) in [4.78, 5) is 12.1. The number of nitrogen functional groups attached to an aromatic ring is 1. The van der Waals surface area contributed by atoms with E-state index >= 15 is 0 Å². The predicted octanol–water partition coefficient (Wildman–Crippen LogP) is 1.93. The Labute approximate surface area is 136 Å². The number of nitrogens with one attached hydrogen (secondary N) is 1. The van der Waals surface area contributed by atoms with Gasteiger partial charge in [-0.3, -0.25) is 10.1 Å². The van der Waals surface area contributed by atoms with Crippen LogP contribution < -0.4 is 15.8 Å². The van der Waals surface area contributed by atoms with E-state index < -0.39 is 34.9 Å². The first kappa shape index (κ1) is 17.7. The number of hydrogen-bond acceptors (Lipinski definition) is 6. The quantitative estimate of drug-likeness (QED) is 0.616. The Morgan fingerprint density at radius 2 is 2.12 bits per heavy atom. The second-order valence-electron chi connectivity index (χ2n) is 4.38. The molecule has 2 rings (SSSR count). The number of tetrazole rings is 1. The molecule has 0 saturated carbocycles. The molecule has 1 aromatic heterocycles. The molecule has 0 aliphatic carbocycles. The van der Waals surface area contributed by atoms with Crippen molar-refractivity contribution in [2.24, 2.45) is 7.05 Å². The van der Waals surface area contributed by atoms with Crippen molar-refractivity contribution in [3.05, 3.63) is 22.7 Å². The summed E-state index contributed by atoms with van der Waals surface area (Å²) < 4.78 is 55.2. The Morgan fingerprint density at radius 1 is 1.46 bits per heavy atom. The van der Waals surface area contributed by atoms with Crippen LogP contribution in [0.4, 0.5) is 29.2 Å². The standard InChI is InChI=1S/C11H9ClF4N6O2/c1-22-10(19-20-21-22)18-8(23)4-2-3-5(7(17)6(4)12)24-11(15,16)9(13)14/h2-3,9H,17H2,1H3,(H,18,19,21,23). The zero-order valence-corrected chi connectivity index (χ0v) is 12.6. The lowest BCUT2D eigenvalue weighted by Gasteiger charge is -2.19. The van der Waals surface area contributed by atoms with Gasteiger partial charge in [0, 0.05) is 7.05 Å². The molecule has 130 valence electrons. The first-order valence-electron chi connectivity index (χ1n) is 6.10. The van der Waals surface area contributed by atoms with Gasteiger partial charge < -0.3 is 10.5 Å². The molecule has 2 aromatic rings. The molecule has 8 nitrogen and oxygen atoms in total. The van der Waals surface area contributed by atoms with Crippen molar-refractivity contribution in [2.75, 3.05) is 11.1 Å². The smallest absolute Gasteiger partial charge is 0.426 e. The molecule has 1 amide bonds. The van der Waals surface area contributed by atoms with Gasteiger partial charge >= 0.3 is 12.5 Å². The minimum absolute atomic E-state index is 0.0146. The highest BCUT2D eigenvalue weighted by Gasteiger charge is 2.44. The monoisotopic (exact) mass is 368 g/mol. The fraction of sp³-hybridized carbons (Fsp3) is 0.273. The van der Waals surface area contributed by atoms with Gasteiger partial charge in [0.2, 0.25) is 5.95 Å². The molecule has 3 N–H and O–H groups in total. The second kappa shape index (κ2) is 6.47. The maximum absolute atomic E-state index is 12.9. The van der Waals surface area contributed by atoms with Crippen molar-refractivity contribution in [3.8, 4) is 5.75 Å². The number of carbonyl (C=O) groups is 1. The van der Waals surface area contributed by atoms with Gasteiger partial charge in [0.1, 0.15) is 0 Å². The summed E-state index contributed by atoms with van der Waals surface area (Å²) >= 11 is 5.82. The molecule has 0 radical (unpaired) electrons. The number of rotatable bonds is 5. The van der Waals surface area contributed by atoms with E-state index in [-0.39, 0.29) is 11.5 Å². The third kappa shape index (κ3) is 3.48. The van der Waals surface area contributed by atoms with Crippen LogP contribution in [0.1, 0.15) is 10.4 Å². The van der Waals surface area contributed by atoms with E-state index in [2.05, 4.69) is 25.6 Å². The van der Waals surface area contributed by atoms with Crippen LogP contribution in [-0.2, 0) is 7.05 Å². The maximum Gasteiger partial charge on any atom is 0.461 e. The van der Waals surface area contributed by atoms with Gasteiger partial charge in [-0.2, -0.15) is 17.6 Å². The molecule has 24 heavy (non-hydrogen) atoms. The van der Waals surface area contributed by atoms with Gasteiger partial charge in [0.15, 0.2) is 5.75 Å². The summed E-state index contributed by atoms with van der Waals surface area (Å²) in [5, 5.41) is 12.1. The van der Waals surface area contributed by atoms with Crippen LogP contribution in [0, 0.1) is 0 Å². The van der Waals surface area contributed by atoms with Crippen molar-refractivity contribution in [2.45, 2.75) is 12.5 Å². The molecule has 0 aliphatic heterocycles. The molecular formula is C11H9ClF4N6O2. The minimum Gasteiger partial charge on any atom is -0.426 e. The van der Waals surface area contributed by atoms with Crippen LogP contribution in [0.2, 0.25) is 5.02 Å². The average Bonchev–Trinajstić information content (AvgIpc) is 2.89. The molecular weight excluding hydrogens is 360 g/mol. The van der Waals surface area contributed by atoms with Crippen LogP contribution in [-0.4, -0.2) is 38.6 Å². The molecule has 0 bridgehead atoms. The number of amides is 1. The van der Waals surface area contributed by atoms with E-state index in [1.54, 1.807) is 0 Å². The van der Waals surface area contributed by atoms with Crippen molar-refractivity contribution >= 4 is 29.1 Å². The molecule has 0 fully saturated rings. The van der Waals surface area contributed by atoms with Crippen LogP contribution in [0.25, 0.3) is 0 Å². The largest absolute Gasteiger partial charge is 0.461 e. The van der Waals surface area contributed by atoms with Gasteiger partial charge in [-0.25, -0.2) is 4.68 Å². The lowest BCUT2D eigenvalue weighted by atomic mass is 10.1. The van der Waals surface area contributed by atoms with Crippen molar-refractivity contribution in [1.29, 1.82) is 0 Å². The average molecular weight is 369 g/mol. The van der Waals surface area contributed by atoms with Gasteiger partial charge in [0.25, 0.3) is 5.91 Å². The molecule has 0 aliphatic rings. The topological polar surface area (TPSA) is 108 Å². The summed E-state index contributed by atoms with van der Waals surface area (Å²) in [7, 11) is 1.45. The third-order valence-corrected chi connectivity index (χ3v) is 3.14. The Morgan fingerprint density at radius 3 is 2.67 bits per heavy atom. The SMILES string of the molecule is Cn1nnnc1NC(=O)c1ccc(OC(F)(F)C(F)F)c(N)c1Cl. The van der Waals surface area contributed by atoms with Gasteiger partial charge in [-0.15, -0.1) is 0 Å².